The number of hydrogen-bond acceptors (Lipinski definition) is 4. The van der Waals surface area contributed by atoms with Crippen molar-refractivity contribution in [3.05, 3.63) is 0 Å². The quantitative estimate of drug-likeness (QED) is 0.458. The van der Waals surface area contributed by atoms with Gasteiger partial charge in [-0.25, -0.2) is 0 Å². The van der Waals surface area contributed by atoms with Gasteiger partial charge < -0.3 is 15.6 Å². The molecule has 0 aromatic heterocycles. The van der Waals surface area contributed by atoms with E-state index in [-0.39, 0.29) is 6.42 Å². The van der Waals surface area contributed by atoms with Gasteiger partial charge in [-0.2, -0.15) is 0 Å². The van der Waals surface area contributed by atoms with E-state index in [1.165, 1.54) is 0 Å². The monoisotopic (exact) mass is 189 g/mol. The number of carboxylic acids is 1. The van der Waals surface area contributed by atoms with Crippen LogP contribution in [0.4, 0.5) is 0 Å². The molecule has 0 bridgehead atoms. The molecule has 13 heavy (non-hydrogen) atoms. The van der Waals surface area contributed by atoms with Crippen molar-refractivity contribution in [3.8, 4) is 0 Å². The number of aliphatic carboxylic acids is 1. The van der Waals surface area contributed by atoms with Crippen molar-refractivity contribution in [2.24, 2.45) is 5.73 Å². The summed E-state index contributed by atoms with van der Waals surface area (Å²) >= 11 is 0. The maximum atomic E-state index is 10.9. The molecule has 0 saturated carbocycles. The van der Waals surface area contributed by atoms with E-state index < -0.39 is 18.0 Å². The molecule has 5 heteroatoms. The molecule has 5 nitrogen and oxygen atoms in total. The second-order valence-electron chi connectivity index (χ2n) is 2.72. The van der Waals surface area contributed by atoms with Crippen LogP contribution in [-0.2, 0) is 14.3 Å². The highest BCUT2D eigenvalue weighted by atomic mass is 16.5. The first-order valence-electron chi connectivity index (χ1n) is 4.22. The molecule has 0 spiro atoms. The summed E-state index contributed by atoms with van der Waals surface area (Å²) in [4.78, 5) is 21.1. The van der Waals surface area contributed by atoms with E-state index in [4.69, 9.17) is 15.6 Å². The lowest BCUT2D eigenvalue weighted by Gasteiger charge is -2.06. The largest absolute Gasteiger partial charge is 0.480 e. The fourth-order valence-electron chi connectivity index (χ4n) is 0.656. The van der Waals surface area contributed by atoms with Gasteiger partial charge in [0.1, 0.15) is 6.04 Å². The summed E-state index contributed by atoms with van der Waals surface area (Å²) in [6.07, 6.45) is 1.45. The zero-order chi connectivity index (χ0) is 10.3. The number of carbonyl (C=O) groups excluding carboxylic acids is 1. The lowest BCUT2D eigenvalue weighted by atomic mass is 10.2. The smallest absolute Gasteiger partial charge is 0.321 e. The van der Waals surface area contributed by atoms with E-state index in [0.717, 1.165) is 12.8 Å². The van der Waals surface area contributed by atoms with Crippen molar-refractivity contribution in [1.82, 2.24) is 0 Å². The van der Waals surface area contributed by atoms with Crippen LogP contribution in [0.1, 0.15) is 26.2 Å². The maximum absolute atomic E-state index is 10.9. The summed E-state index contributed by atoms with van der Waals surface area (Å²) in [7, 11) is 0. The molecular formula is C8H15NO4. The Kier molecular flexibility index (Phi) is 5.88. The average Bonchev–Trinajstić information content (AvgIpc) is 2.04. The third-order valence-electron chi connectivity index (χ3n) is 1.46. The zero-order valence-corrected chi connectivity index (χ0v) is 7.66. The zero-order valence-electron chi connectivity index (χ0n) is 7.66. The molecular weight excluding hydrogens is 174 g/mol. The molecule has 0 heterocycles. The van der Waals surface area contributed by atoms with Crippen LogP contribution in [0, 0.1) is 0 Å². The van der Waals surface area contributed by atoms with Gasteiger partial charge in [0.25, 0.3) is 0 Å². The fraction of sp³-hybridized carbons (Fsp3) is 0.750. The summed E-state index contributed by atoms with van der Waals surface area (Å²) in [5, 5.41) is 8.37. The molecule has 1 unspecified atom stereocenters. The van der Waals surface area contributed by atoms with E-state index in [9.17, 15) is 9.59 Å². The van der Waals surface area contributed by atoms with Gasteiger partial charge in [0.15, 0.2) is 0 Å². The Morgan fingerprint density at radius 1 is 1.54 bits per heavy atom. The molecule has 1 atom stereocenters. The molecule has 0 aromatic carbocycles. The fourth-order valence-corrected chi connectivity index (χ4v) is 0.656. The number of hydrogen-bond donors (Lipinski definition) is 2. The van der Waals surface area contributed by atoms with Crippen LogP contribution in [-0.4, -0.2) is 29.7 Å². The van der Waals surface area contributed by atoms with Gasteiger partial charge in [0.2, 0.25) is 0 Å². The van der Waals surface area contributed by atoms with Crippen molar-refractivity contribution in [3.63, 3.8) is 0 Å². The molecule has 0 rings (SSSR count). The van der Waals surface area contributed by atoms with E-state index >= 15 is 0 Å². The summed E-state index contributed by atoms with van der Waals surface area (Å²) in [5.74, 6) is -1.74. The van der Waals surface area contributed by atoms with Gasteiger partial charge in [-0.15, -0.1) is 0 Å². The van der Waals surface area contributed by atoms with Gasteiger partial charge in [-0.1, -0.05) is 13.3 Å². The molecule has 0 aliphatic carbocycles. The SMILES string of the molecule is CCCCOC(=O)CC(N)C(=O)O. The minimum Gasteiger partial charge on any atom is -0.480 e. The van der Waals surface area contributed by atoms with Crippen molar-refractivity contribution >= 4 is 11.9 Å². The number of ether oxygens (including phenoxy) is 1. The Morgan fingerprint density at radius 2 is 2.15 bits per heavy atom. The van der Waals surface area contributed by atoms with Gasteiger partial charge in [0.05, 0.1) is 13.0 Å². The first kappa shape index (κ1) is 11.9. The molecule has 76 valence electrons. The van der Waals surface area contributed by atoms with Crippen LogP contribution >= 0.6 is 0 Å². The standard InChI is InChI=1S/C8H15NO4/c1-2-3-4-13-7(10)5-6(9)8(11)12/h6H,2-5,9H2,1H3,(H,11,12). The van der Waals surface area contributed by atoms with Crippen LogP contribution in [0.5, 0.6) is 0 Å². The van der Waals surface area contributed by atoms with Gasteiger partial charge in [-0.3, -0.25) is 9.59 Å². The normalized spacial score (nSPS) is 12.2. The van der Waals surface area contributed by atoms with E-state index in [1.54, 1.807) is 0 Å². The van der Waals surface area contributed by atoms with Crippen LogP contribution < -0.4 is 5.73 Å². The van der Waals surface area contributed by atoms with Crippen LogP contribution in [0.3, 0.4) is 0 Å². The number of carbonyl (C=O) groups is 2. The van der Waals surface area contributed by atoms with Gasteiger partial charge >= 0.3 is 11.9 Å². The number of carboxylic acid groups (broad SMARTS) is 1. The molecule has 0 saturated heterocycles. The van der Waals surface area contributed by atoms with E-state index in [2.05, 4.69) is 0 Å². The summed E-state index contributed by atoms with van der Waals surface area (Å²) < 4.78 is 4.72. The summed E-state index contributed by atoms with van der Waals surface area (Å²) in [5.41, 5.74) is 5.12. The van der Waals surface area contributed by atoms with Crippen LogP contribution in [0.2, 0.25) is 0 Å². The van der Waals surface area contributed by atoms with E-state index in [0.29, 0.717) is 6.61 Å². The Morgan fingerprint density at radius 3 is 2.62 bits per heavy atom. The highest BCUT2D eigenvalue weighted by Crippen LogP contribution is 1.95. The van der Waals surface area contributed by atoms with Crippen molar-refractivity contribution in [1.29, 1.82) is 0 Å². The van der Waals surface area contributed by atoms with Crippen LogP contribution in [0.25, 0.3) is 0 Å². The molecule has 0 aromatic rings. The molecule has 0 aliphatic rings. The highest BCUT2D eigenvalue weighted by molar-refractivity contribution is 5.81. The predicted octanol–water partition coefficient (Wildman–Crippen LogP) is 0.132. The first-order valence-corrected chi connectivity index (χ1v) is 4.22. The molecule has 0 amide bonds. The number of unbranched alkanes of at least 4 members (excludes halogenated alkanes) is 1. The Labute approximate surface area is 76.9 Å². The Balaban J connectivity index is 3.56. The molecule has 0 fully saturated rings. The number of nitrogens with two attached hydrogens (primary N) is 1. The van der Waals surface area contributed by atoms with Crippen LogP contribution in [0.15, 0.2) is 0 Å². The topological polar surface area (TPSA) is 89.6 Å². The van der Waals surface area contributed by atoms with Crippen molar-refractivity contribution in [2.45, 2.75) is 32.2 Å². The second kappa shape index (κ2) is 6.42. The predicted molar refractivity (Wildman–Crippen MR) is 46.1 cm³/mol. The minimum absolute atomic E-state index is 0.265. The first-order chi connectivity index (χ1) is 6.07. The summed E-state index contributed by atoms with van der Waals surface area (Å²) in [6.45, 7) is 2.30. The lowest BCUT2D eigenvalue weighted by molar-refractivity contribution is -0.148. The molecule has 0 aliphatic heterocycles. The molecule has 3 N–H and O–H groups in total. The average molecular weight is 189 g/mol. The Hall–Kier alpha value is -1.10. The highest BCUT2D eigenvalue weighted by Gasteiger charge is 2.16. The Bertz CT molecular complexity index is 181. The summed E-state index contributed by atoms with van der Waals surface area (Å²) in [6, 6.07) is -1.16. The number of esters is 1. The minimum atomic E-state index is -1.19. The van der Waals surface area contributed by atoms with E-state index in [1.807, 2.05) is 6.92 Å². The number of rotatable bonds is 6. The molecule has 0 radical (unpaired) electrons. The maximum Gasteiger partial charge on any atom is 0.321 e. The van der Waals surface area contributed by atoms with Gasteiger partial charge in [0, 0.05) is 0 Å². The third-order valence-corrected chi connectivity index (χ3v) is 1.46. The van der Waals surface area contributed by atoms with Gasteiger partial charge in [-0.05, 0) is 6.42 Å². The third kappa shape index (κ3) is 6.10. The second-order valence-corrected chi connectivity index (χ2v) is 2.72. The lowest BCUT2D eigenvalue weighted by Crippen LogP contribution is -2.33. The van der Waals surface area contributed by atoms with Crippen molar-refractivity contribution in [2.75, 3.05) is 6.61 Å². The van der Waals surface area contributed by atoms with Crippen molar-refractivity contribution < 1.29 is 19.4 Å².